The van der Waals surface area contributed by atoms with E-state index in [4.69, 9.17) is 5.73 Å². The van der Waals surface area contributed by atoms with Crippen molar-refractivity contribution in [3.8, 4) is 0 Å². The highest BCUT2D eigenvalue weighted by Crippen LogP contribution is 2.23. The molecule has 1 aromatic carbocycles. The number of nitrogens with two attached hydrogens (primary N) is 1. The molecule has 6 heteroatoms. The Morgan fingerprint density at radius 3 is 2.11 bits per heavy atom. The number of rotatable bonds is 4. The summed E-state index contributed by atoms with van der Waals surface area (Å²) in [4.78, 5) is 27.0. The van der Waals surface area contributed by atoms with E-state index in [1.54, 1.807) is 6.92 Å². The number of likely N-dealkylation sites (tertiary alicyclic amines) is 1. The number of nitrogens with zero attached hydrogens (tertiary/aromatic N) is 1. The van der Waals surface area contributed by atoms with E-state index in [1.807, 2.05) is 35.2 Å². The van der Waals surface area contributed by atoms with Crippen molar-refractivity contribution in [1.29, 1.82) is 0 Å². The molecular weight excluding hydrogens is 340 g/mol. The topological polar surface area (TPSA) is 87.5 Å². The first-order valence-electron chi connectivity index (χ1n) is 10.2. The standard InChI is InChI=1S/C21H32N4O2/c1-21(22,16-8-4-2-5-9-16)19(26)25-14-12-18(13-15-25)24-20(27)23-17-10-6-3-7-11-17/h2,4-5,8-9,17-18H,3,6-7,10-15,22H2,1H3,(H2,23,24,27). The van der Waals surface area contributed by atoms with Crippen LogP contribution in [0.5, 0.6) is 0 Å². The Morgan fingerprint density at radius 1 is 0.963 bits per heavy atom. The van der Waals surface area contributed by atoms with Crippen LogP contribution in [-0.4, -0.2) is 42.0 Å². The summed E-state index contributed by atoms with van der Waals surface area (Å²) >= 11 is 0. The Bertz CT molecular complexity index is 633. The molecule has 1 aromatic rings. The molecule has 27 heavy (non-hydrogen) atoms. The molecule has 1 unspecified atom stereocenters. The Balaban J connectivity index is 1.47. The van der Waals surface area contributed by atoms with Crippen molar-refractivity contribution in [1.82, 2.24) is 15.5 Å². The van der Waals surface area contributed by atoms with E-state index in [0.29, 0.717) is 19.1 Å². The van der Waals surface area contributed by atoms with Gasteiger partial charge in [0.05, 0.1) is 0 Å². The maximum absolute atomic E-state index is 12.9. The zero-order valence-electron chi connectivity index (χ0n) is 16.2. The second-order valence-corrected chi connectivity index (χ2v) is 8.09. The molecule has 1 heterocycles. The average Bonchev–Trinajstić information content (AvgIpc) is 2.69. The molecule has 1 saturated heterocycles. The molecular formula is C21H32N4O2. The van der Waals surface area contributed by atoms with Crippen LogP contribution in [-0.2, 0) is 10.3 Å². The SMILES string of the molecule is CC(N)(C(=O)N1CCC(NC(=O)NC2CCCCC2)CC1)c1ccccc1. The van der Waals surface area contributed by atoms with Gasteiger partial charge in [-0.15, -0.1) is 0 Å². The molecule has 0 bridgehead atoms. The van der Waals surface area contributed by atoms with Crippen molar-refractivity contribution in [2.24, 2.45) is 5.73 Å². The maximum atomic E-state index is 12.9. The van der Waals surface area contributed by atoms with Crippen LogP contribution in [0.2, 0.25) is 0 Å². The molecule has 1 aliphatic heterocycles. The quantitative estimate of drug-likeness (QED) is 0.759. The summed E-state index contributed by atoms with van der Waals surface area (Å²) in [5.41, 5.74) is 6.15. The Hall–Kier alpha value is -2.08. The lowest BCUT2D eigenvalue weighted by molar-refractivity contribution is -0.137. The predicted octanol–water partition coefficient (Wildman–Crippen LogP) is 2.48. The average molecular weight is 373 g/mol. The Kier molecular flexibility index (Phi) is 6.37. The van der Waals surface area contributed by atoms with E-state index in [-0.39, 0.29) is 18.0 Å². The van der Waals surface area contributed by atoms with E-state index in [0.717, 1.165) is 31.2 Å². The Morgan fingerprint density at radius 2 is 1.52 bits per heavy atom. The molecule has 1 saturated carbocycles. The van der Waals surface area contributed by atoms with Crippen LogP contribution in [0.25, 0.3) is 0 Å². The van der Waals surface area contributed by atoms with Crippen LogP contribution in [0.3, 0.4) is 0 Å². The molecule has 2 aliphatic rings. The second-order valence-electron chi connectivity index (χ2n) is 8.09. The largest absolute Gasteiger partial charge is 0.341 e. The summed E-state index contributed by atoms with van der Waals surface area (Å²) in [6.07, 6.45) is 7.35. The lowest BCUT2D eigenvalue weighted by Gasteiger charge is -2.37. The fourth-order valence-electron chi connectivity index (χ4n) is 4.12. The third-order valence-corrected chi connectivity index (χ3v) is 5.88. The first kappa shape index (κ1) is 19.7. The molecule has 4 N–H and O–H groups in total. The lowest BCUT2D eigenvalue weighted by atomic mass is 9.90. The van der Waals surface area contributed by atoms with E-state index in [1.165, 1.54) is 19.3 Å². The van der Waals surface area contributed by atoms with Crippen LogP contribution < -0.4 is 16.4 Å². The van der Waals surface area contributed by atoms with Crippen LogP contribution >= 0.6 is 0 Å². The fourth-order valence-corrected chi connectivity index (χ4v) is 4.12. The zero-order valence-corrected chi connectivity index (χ0v) is 16.2. The fraction of sp³-hybridized carbons (Fsp3) is 0.619. The summed E-state index contributed by atoms with van der Waals surface area (Å²) in [5.74, 6) is -0.0567. The molecule has 3 rings (SSSR count). The van der Waals surface area contributed by atoms with Gasteiger partial charge in [0.1, 0.15) is 5.54 Å². The van der Waals surface area contributed by atoms with Crippen LogP contribution in [0.1, 0.15) is 57.4 Å². The highest BCUT2D eigenvalue weighted by atomic mass is 16.2. The summed E-state index contributed by atoms with van der Waals surface area (Å²) in [6.45, 7) is 3.01. The minimum atomic E-state index is -1.03. The van der Waals surface area contributed by atoms with Crippen molar-refractivity contribution in [2.75, 3.05) is 13.1 Å². The van der Waals surface area contributed by atoms with Gasteiger partial charge < -0.3 is 21.3 Å². The van der Waals surface area contributed by atoms with Crippen molar-refractivity contribution in [3.63, 3.8) is 0 Å². The van der Waals surface area contributed by atoms with Crippen LogP contribution in [0.4, 0.5) is 4.79 Å². The molecule has 148 valence electrons. The molecule has 6 nitrogen and oxygen atoms in total. The summed E-state index contributed by atoms with van der Waals surface area (Å²) < 4.78 is 0. The number of carbonyl (C=O) groups is 2. The number of piperidine rings is 1. The summed E-state index contributed by atoms with van der Waals surface area (Å²) in [7, 11) is 0. The van der Waals surface area contributed by atoms with Gasteiger partial charge in [0.2, 0.25) is 5.91 Å². The number of carbonyl (C=O) groups excluding carboxylic acids is 2. The van der Waals surface area contributed by atoms with Crippen molar-refractivity contribution >= 4 is 11.9 Å². The summed E-state index contributed by atoms with van der Waals surface area (Å²) in [5, 5.41) is 6.17. The molecule has 1 aliphatic carbocycles. The van der Waals surface area contributed by atoms with Crippen molar-refractivity contribution in [2.45, 2.75) is 69.5 Å². The highest BCUT2D eigenvalue weighted by Gasteiger charge is 2.36. The minimum absolute atomic E-state index is 0.0567. The van der Waals surface area contributed by atoms with Gasteiger partial charge in [-0.3, -0.25) is 4.79 Å². The number of hydrogen-bond acceptors (Lipinski definition) is 3. The van der Waals surface area contributed by atoms with Crippen LogP contribution in [0, 0.1) is 0 Å². The van der Waals surface area contributed by atoms with E-state index in [2.05, 4.69) is 10.6 Å². The van der Waals surface area contributed by atoms with Gasteiger partial charge in [-0.2, -0.15) is 0 Å². The molecule has 0 radical (unpaired) electrons. The summed E-state index contributed by atoms with van der Waals surface area (Å²) in [6, 6.07) is 9.84. The van der Waals surface area contributed by atoms with Gasteiger partial charge >= 0.3 is 6.03 Å². The highest BCUT2D eigenvalue weighted by molar-refractivity contribution is 5.87. The number of hydrogen-bond donors (Lipinski definition) is 3. The number of nitrogens with one attached hydrogen (secondary N) is 2. The maximum Gasteiger partial charge on any atom is 0.315 e. The molecule has 3 amide bonds. The van der Waals surface area contributed by atoms with Gasteiger partial charge in [0.15, 0.2) is 0 Å². The van der Waals surface area contributed by atoms with Gasteiger partial charge in [-0.05, 0) is 38.2 Å². The number of benzene rings is 1. The van der Waals surface area contributed by atoms with Crippen molar-refractivity contribution < 1.29 is 9.59 Å². The molecule has 1 atom stereocenters. The van der Waals surface area contributed by atoms with E-state index in [9.17, 15) is 9.59 Å². The number of urea groups is 1. The smallest absolute Gasteiger partial charge is 0.315 e. The monoisotopic (exact) mass is 372 g/mol. The lowest BCUT2D eigenvalue weighted by Crippen LogP contribution is -2.56. The van der Waals surface area contributed by atoms with E-state index < -0.39 is 5.54 Å². The second kappa shape index (κ2) is 8.74. The third kappa shape index (κ3) is 5.01. The molecule has 2 fully saturated rings. The van der Waals surface area contributed by atoms with Crippen molar-refractivity contribution in [3.05, 3.63) is 35.9 Å². The normalized spacial score (nSPS) is 21.3. The van der Waals surface area contributed by atoms with Gasteiger partial charge in [0.25, 0.3) is 0 Å². The first-order chi connectivity index (χ1) is 13.0. The van der Waals surface area contributed by atoms with Crippen LogP contribution in [0.15, 0.2) is 30.3 Å². The third-order valence-electron chi connectivity index (χ3n) is 5.88. The first-order valence-corrected chi connectivity index (χ1v) is 10.2. The minimum Gasteiger partial charge on any atom is -0.341 e. The Labute approximate surface area is 161 Å². The molecule has 0 aromatic heterocycles. The van der Waals surface area contributed by atoms with Gasteiger partial charge in [-0.25, -0.2) is 4.79 Å². The van der Waals surface area contributed by atoms with E-state index >= 15 is 0 Å². The van der Waals surface area contributed by atoms with Gasteiger partial charge in [-0.1, -0.05) is 49.6 Å². The molecule has 0 spiro atoms. The predicted molar refractivity (Wildman–Crippen MR) is 106 cm³/mol. The number of amides is 3. The van der Waals surface area contributed by atoms with Gasteiger partial charge in [0, 0.05) is 25.2 Å². The zero-order chi connectivity index (χ0) is 19.3.